The molecule has 4 heterocycles. The van der Waals surface area contributed by atoms with E-state index in [1.807, 2.05) is 4.90 Å². The highest BCUT2D eigenvalue weighted by atomic mass is 32.2. The molecule has 0 radical (unpaired) electrons. The van der Waals surface area contributed by atoms with Crippen molar-refractivity contribution >= 4 is 49.8 Å². The second-order valence-electron chi connectivity index (χ2n) is 11.1. The van der Waals surface area contributed by atoms with Crippen molar-refractivity contribution in [2.75, 3.05) is 58.4 Å². The number of carbonyl (C=O) groups is 1. The van der Waals surface area contributed by atoms with Gasteiger partial charge in [0.1, 0.15) is 11.9 Å². The Balaban J connectivity index is 1.29. The lowest BCUT2D eigenvalue weighted by molar-refractivity contribution is 0.102. The van der Waals surface area contributed by atoms with E-state index in [9.17, 15) is 17.6 Å². The number of aliphatic hydroxyl groups excluding tert-OH is 1. The number of nitrogens with one attached hydrogen (secondary N) is 2. The minimum absolute atomic E-state index is 0.209. The van der Waals surface area contributed by atoms with Crippen LogP contribution in [0.5, 0.6) is 0 Å². The van der Waals surface area contributed by atoms with E-state index in [2.05, 4.69) is 19.9 Å². The summed E-state index contributed by atoms with van der Waals surface area (Å²) >= 11 is 0. The molecular weight excluding hydrogens is 537 g/mol. The van der Waals surface area contributed by atoms with Crippen LogP contribution >= 0.6 is 0 Å². The fourth-order valence-corrected chi connectivity index (χ4v) is 6.58. The van der Waals surface area contributed by atoms with E-state index >= 15 is 0 Å². The van der Waals surface area contributed by atoms with E-state index in [1.165, 1.54) is 12.8 Å². The highest BCUT2D eigenvalue weighted by molar-refractivity contribution is 7.92. The molecule has 1 spiro atoms. The summed E-state index contributed by atoms with van der Waals surface area (Å²) in [5.74, 6) is -0.282. The first kappa shape index (κ1) is 26.8. The molecule has 10 nitrogen and oxygen atoms in total. The van der Waals surface area contributed by atoms with Crippen molar-refractivity contribution in [3.8, 4) is 0 Å². The smallest absolute Gasteiger partial charge is 0.274 e. The zero-order valence-electron chi connectivity index (χ0n) is 22.2. The molecule has 2 aromatic heterocycles. The van der Waals surface area contributed by atoms with Crippen molar-refractivity contribution in [2.24, 2.45) is 5.41 Å². The molecule has 12 heteroatoms. The summed E-state index contributed by atoms with van der Waals surface area (Å²) in [6.07, 6.45) is 6.12. The van der Waals surface area contributed by atoms with Gasteiger partial charge in [0.15, 0.2) is 11.4 Å². The number of piperidine rings is 2. The Morgan fingerprint density at radius 1 is 1.07 bits per heavy atom. The Hall–Kier alpha value is -3.38. The number of pyridine rings is 1. The second-order valence-corrected chi connectivity index (χ2v) is 13.0. The monoisotopic (exact) mass is 571 g/mol. The van der Waals surface area contributed by atoms with Gasteiger partial charge >= 0.3 is 0 Å². The average molecular weight is 572 g/mol. The number of hydrogen-bond donors (Lipinski definition) is 3. The number of rotatable bonds is 8. The molecule has 1 amide bonds. The first-order valence-corrected chi connectivity index (χ1v) is 15.5. The van der Waals surface area contributed by atoms with Gasteiger partial charge in [0.25, 0.3) is 5.91 Å². The van der Waals surface area contributed by atoms with Crippen LogP contribution < -0.4 is 19.8 Å². The minimum atomic E-state index is -3.71. The van der Waals surface area contributed by atoms with Crippen molar-refractivity contribution in [1.82, 2.24) is 4.98 Å². The quantitative estimate of drug-likeness (QED) is 0.368. The topological polar surface area (TPSA) is 128 Å². The maximum atomic E-state index is 13.8. The number of anilines is 4. The number of sulfonamides is 1. The van der Waals surface area contributed by atoms with Gasteiger partial charge in [-0.15, -0.1) is 0 Å². The van der Waals surface area contributed by atoms with Crippen LogP contribution in [0, 0.1) is 5.41 Å². The predicted octanol–water partition coefficient (Wildman–Crippen LogP) is 4.13. The molecule has 3 aromatic rings. The number of amides is 1. The third kappa shape index (κ3) is 5.60. The van der Waals surface area contributed by atoms with Crippen LogP contribution in [0.25, 0.3) is 11.0 Å². The molecule has 0 atom stereocenters. The number of carbonyl (C=O) groups excluding carboxylic acids is 1. The molecule has 3 aliphatic rings. The van der Waals surface area contributed by atoms with Crippen LogP contribution in [-0.2, 0) is 10.0 Å². The van der Waals surface area contributed by atoms with Gasteiger partial charge in [0.2, 0.25) is 10.0 Å². The number of hydrogen-bond acceptors (Lipinski definition) is 8. The van der Waals surface area contributed by atoms with Crippen LogP contribution in [0.4, 0.5) is 27.3 Å². The average Bonchev–Trinajstić information content (AvgIpc) is 3.50. The normalized spacial score (nSPS) is 19.2. The molecule has 2 aliphatic heterocycles. The number of alkyl halides is 1. The lowest BCUT2D eigenvalue weighted by Gasteiger charge is -2.35. The Kier molecular flexibility index (Phi) is 7.07. The van der Waals surface area contributed by atoms with E-state index in [1.54, 1.807) is 36.6 Å². The van der Waals surface area contributed by atoms with Crippen molar-refractivity contribution in [2.45, 2.75) is 44.7 Å². The molecular formula is C28H34FN5O5S. The molecule has 1 aromatic carbocycles. The van der Waals surface area contributed by atoms with Gasteiger partial charge in [-0.2, -0.15) is 0 Å². The third-order valence-corrected chi connectivity index (χ3v) is 9.64. The summed E-state index contributed by atoms with van der Waals surface area (Å²) in [6, 6.07) is 8.47. The number of nitrogens with zero attached hydrogens (tertiary/aromatic N) is 3. The SMILES string of the molecule is O=C(Nc1ccc(NS(=O)(=O)CCO)cc1N1CCC2(CC1)CC2)c1cc2ccoc2c(N2CCC(F)CC2)n1. The Bertz CT molecular complexity index is 1500. The molecule has 3 fully saturated rings. The van der Waals surface area contributed by atoms with Crippen molar-refractivity contribution < 1.29 is 27.1 Å². The summed E-state index contributed by atoms with van der Waals surface area (Å²) in [5, 5.41) is 12.8. The number of fused-ring (bicyclic) bond motifs is 1. The zero-order valence-corrected chi connectivity index (χ0v) is 23.1. The third-order valence-electron chi connectivity index (χ3n) is 8.38. The summed E-state index contributed by atoms with van der Waals surface area (Å²) in [7, 11) is -3.71. The molecule has 214 valence electrons. The van der Waals surface area contributed by atoms with Crippen LogP contribution in [-0.4, -0.2) is 69.1 Å². The molecule has 6 rings (SSSR count). The van der Waals surface area contributed by atoms with Crippen molar-refractivity contribution in [3.63, 3.8) is 0 Å². The fourth-order valence-electron chi connectivity index (χ4n) is 5.75. The van der Waals surface area contributed by atoms with Crippen molar-refractivity contribution in [3.05, 3.63) is 42.3 Å². The Morgan fingerprint density at radius 2 is 1.82 bits per heavy atom. The highest BCUT2D eigenvalue weighted by Crippen LogP contribution is 2.54. The first-order chi connectivity index (χ1) is 19.2. The predicted molar refractivity (Wildman–Crippen MR) is 152 cm³/mol. The van der Waals surface area contributed by atoms with Crippen molar-refractivity contribution in [1.29, 1.82) is 0 Å². The van der Waals surface area contributed by atoms with Crippen LogP contribution in [0.3, 0.4) is 0 Å². The maximum Gasteiger partial charge on any atom is 0.274 e. The van der Waals surface area contributed by atoms with Crippen LogP contribution in [0.2, 0.25) is 0 Å². The van der Waals surface area contributed by atoms with E-state index < -0.39 is 34.5 Å². The molecule has 0 unspecified atom stereocenters. The van der Waals surface area contributed by atoms with Gasteiger partial charge < -0.3 is 24.6 Å². The standard InChI is InChI=1S/C28H34FN5O5S/c29-20-3-10-34(11-4-20)26-25-19(5-15-39-25)17-23(30-26)27(36)31-22-2-1-21(32-40(37,38)16-14-35)18-24(22)33-12-8-28(6-7-28)9-13-33/h1-2,5,15,17-18,20,32,35H,3-4,6-14,16H2,(H,31,36). The largest absolute Gasteiger partial charge is 0.460 e. The molecule has 3 N–H and O–H groups in total. The van der Waals surface area contributed by atoms with E-state index in [0.717, 1.165) is 37.0 Å². The van der Waals surface area contributed by atoms with Gasteiger partial charge in [0.05, 0.1) is 35.7 Å². The highest BCUT2D eigenvalue weighted by Gasteiger charge is 2.44. The fraction of sp³-hybridized carbons (Fsp3) is 0.500. The number of furan rings is 1. The number of benzene rings is 1. The number of aromatic nitrogens is 1. The number of aliphatic hydroxyl groups is 1. The van der Waals surface area contributed by atoms with Gasteiger partial charge in [-0.25, -0.2) is 17.8 Å². The summed E-state index contributed by atoms with van der Waals surface area (Å²) in [4.78, 5) is 22.4. The van der Waals surface area contributed by atoms with Gasteiger partial charge in [0, 0.05) is 31.6 Å². The van der Waals surface area contributed by atoms with Gasteiger partial charge in [-0.1, -0.05) is 0 Å². The van der Waals surface area contributed by atoms with Gasteiger partial charge in [-0.05, 0) is 74.3 Å². The van der Waals surface area contributed by atoms with E-state index in [-0.39, 0.29) is 5.69 Å². The molecule has 2 saturated heterocycles. The Labute approximate surface area is 232 Å². The Morgan fingerprint density at radius 3 is 2.52 bits per heavy atom. The van der Waals surface area contributed by atoms with E-state index in [0.29, 0.717) is 54.1 Å². The first-order valence-electron chi connectivity index (χ1n) is 13.8. The summed E-state index contributed by atoms with van der Waals surface area (Å²) in [5.41, 5.74) is 2.86. The molecule has 40 heavy (non-hydrogen) atoms. The zero-order chi connectivity index (χ0) is 27.9. The maximum absolute atomic E-state index is 13.8. The van der Waals surface area contributed by atoms with Crippen LogP contribution in [0.15, 0.2) is 41.0 Å². The van der Waals surface area contributed by atoms with Crippen LogP contribution in [0.1, 0.15) is 49.0 Å². The van der Waals surface area contributed by atoms with Gasteiger partial charge in [-0.3, -0.25) is 9.52 Å². The number of halogens is 1. The molecule has 0 bridgehead atoms. The van der Waals surface area contributed by atoms with E-state index in [4.69, 9.17) is 9.52 Å². The molecule has 1 saturated carbocycles. The minimum Gasteiger partial charge on any atom is -0.460 e. The lowest BCUT2D eigenvalue weighted by Crippen LogP contribution is -2.35. The second kappa shape index (κ2) is 10.5. The summed E-state index contributed by atoms with van der Waals surface area (Å²) < 4.78 is 46.6. The lowest BCUT2D eigenvalue weighted by atomic mass is 9.93. The molecule has 1 aliphatic carbocycles. The summed E-state index contributed by atoms with van der Waals surface area (Å²) in [6.45, 7) is 2.12.